The van der Waals surface area contributed by atoms with Crippen molar-refractivity contribution in [3.8, 4) is 0 Å². The van der Waals surface area contributed by atoms with Crippen LogP contribution in [0, 0.1) is 5.82 Å². The molecule has 0 bridgehead atoms. The molecule has 1 aromatic carbocycles. The van der Waals surface area contributed by atoms with E-state index in [1.54, 1.807) is 12.1 Å². The Labute approximate surface area is 155 Å². The molecule has 1 amide bonds. The molecule has 1 heterocycles. The Morgan fingerprint density at radius 1 is 1.32 bits per heavy atom. The van der Waals surface area contributed by atoms with E-state index in [9.17, 15) is 14.3 Å². The number of amides is 1. The number of rotatable bonds is 11. The Hall–Kier alpha value is -1.07. The number of aliphatic hydroxyl groups is 1. The van der Waals surface area contributed by atoms with Gasteiger partial charge in [0.2, 0.25) is 5.91 Å². The number of benzene rings is 1. The van der Waals surface area contributed by atoms with E-state index >= 15 is 0 Å². The second-order valence-electron chi connectivity index (χ2n) is 6.81. The van der Waals surface area contributed by atoms with Crippen molar-refractivity contribution in [3.05, 3.63) is 35.6 Å². The van der Waals surface area contributed by atoms with Crippen LogP contribution in [0.2, 0.25) is 0 Å². The van der Waals surface area contributed by atoms with Gasteiger partial charge in [-0.15, -0.1) is 0 Å². The fraction of sp³-hybridized carbons (Fsp3) is 0.650. The Morgan fingerprint density at radius 2 is 2.08 bits per heavy atom. The summed E-state index contributed by atoms with van der Waals surface area (Å²) in [6.45, 7) is 3.02. The van der Waals surface area contributed by atoms with Crippen molar-refractivity contribution in [1.29, 1.82) is 0 Å². The van der Waals surface area contributed by atoms with Gasteiger partial charge in [0.15, 0.2) is 0 Å². The van der Waals surface area contributed by atoms with Crippen molar-refractivity contribution < 1.29 is 14.3 Å². The molecule has 3 nitrogen and oxygen atoms in total. The number of carbonyl (C=O) groups is 1. The molecule has 1 N–H and O–H groups in total. The molecule has 25 heavy (non-hydrogen) atoms. The summed E-state index contributed by atoms with van der Waals surface area (Å²) >= 11 is 1.92. The second-order valence-corrected chi connectivity index (χ2v) is 8.03. The van der Waals surface area contributed by atoms with Crippen molar-refractivity contribution in [2.24, 2.45) is 0 Å². The van der Waals surface area contributed by atoms with Gasteiger partial charge in [-0.05, 0) is 55.6 Å². The topological polar surface area (TPSA) is 40.5 Å². The Kier molecular flexibility index (Phi) is 8.76. The lowest BCUT2D eigenvalue weighted by Crippen LogP contribution is -2.35. The molecule has 0 aromatic heterocycles. The van der Waals surface area contributed by atoms with Crippen LogP contribution in [0.3, 0.4) is 0 Å². The van der Waals surface area contributed by atoms with E-state index in [4.69, 9.17) is 0 Å². The van der Waals surface area contributed by atoms with Gasteiger partial charge in [0.25, 0.3) is 0 Å². The first kappa shape index (κ1) is 20.2. The van der Waals surface area contributed by atoms with Crippen molar-refractivity contribution in [3.63, 3.8) is 0 Å². The molecule has 0 spiro atoms. The minimum absolute atomic E-state index is 0.254. The molecule has 1 aromatic rings. The van der Waals surface area contributed by atoms with Gasteiger partial charge < -0.3 is 10.0 Å². The van der Waals surface area contributed by atoms with Crippen LogP contribution in [0.15, 0.2) is 24.3 Å². The summed E-state index contributed by atoms with van der Waals surface area (Å²) in [6.07, 6.45) is 5.60. The van der Waals surface area contributed by atoms with Gasteiger partial charge in [-0.25, -0.2) is 4.39 Å². The SMILES string of the molecule is CCCCSCCN1C(=O)CC[C@@H]1CC[C@@H](O)Cc1ccc(F)cc1. The van der Waals surface area contributed by atoms with Gasteiger partial charge in [-0.1, -0.05) is 25.5 Å². The van der Waals surface area contributed by atoms with Crippen LogP contribution in [0.4, 0.5) is 4.39 Å². The number of halogens is 1. The molecule has 2 rings (SSSR count). The largest absolute Gasteiger partial charge is 0.393 e. The van der Waals surface area contributed by atoms with Crippen molar-refractivity contribution in [2.75, 3.05) is 18.1 Å². The van der Waals surface area contributed by atoms with E-state index in [2.05, 4.69) is 6.92 Å². The third-order valence-electron chi connectivity index (χ3n) is 4.79. The first-order valence-corrected chi connectivity index (χ1v) is 10.5. The molecular formula is C20H30FNO2S. The number of nitrogens with zero attached hydrogens (tertiary/aromatic N) is 1. The molecular weight excluding hydrogens is 337 g/mol. The minimum atomic E-state index is -0.443. The van der Waals surface area contributed by atoms with Crippen molar-refractivity contribution in [1.82, 2.24) is 4.90 Å². The van der Waals surface area contributed by atoms with E-state index in [0.29, 0.717) is 19.3 Å². The Bertz CT molecular complexity index is 523. The molecule has 2 atom stereocenters. The van der Waals surface area contributed by atoms with Crippen LogP contribution in [0.1, 0.15) is 51.0 Å². The maximum Gasteiger partial charge on any atom is 0.222 e. The lowest BCUT2D eigenvalue weighted by molar-refractivity contribution is -0.128. The van der Waals surface area contributed by atoms with Crippen molar-refractivity contribution in [2.45, 2.75) is 64.0 Å². The van der Waals surface area contributed by atoms with Crippen molar-refractivity contribution >= 4 is 17.7 Å². The third-order valence-corrected chi connectivity index (χ3v) is 5.84. The van der Waals surface area contributed by atoms with Crippen LogP contribution in [-0.2, 0) is 11.2 Å². The summed E-state index contributed by atoms with van der Waals surface area (Å²) in [5.74, 6) is 2.17. The van der Waals surface area contributed by atoms with Crippen LogP contribution >= 0.6 is 11.8 Å². The Balaban J connectivity index is 1.72. The molecule has 5 heteroatoms. The van der Waals surface area contributed by atoms with Gasteiger partial charge in [0, 0.05) is 24.8 Å². The smallest absolute Gasteiger partial charge is 0.222 e. The van der Waals surface area contributed by atoms with E-state index in [0.717, 1.165) is 30.7 Å². The lowest BCUT2D eigenvalue weighted by atomic mass is 10.0. The number of unbranched alkanes of at least 4 members (excludes halogenated alkanes) is 1. The number of hydrogen-bond acceptors (Lipinski definition) is 3. The zero-order chi connectivity index (χ0) is 18.1. The van der Waals surface area contributed by atoms with Crippen LogP contribution in [-0.4, -0.2) is 46.1 Å². The normalized spacial score (nSPS) is 18.8. The van der Waals surface area contributed by atoms with E-state index in [1.165, 1.54) is 30.7 Å². The summed E-state index contributed by atoms with van der Waals surface area (Å²) in [4.78, 5) is 14.1. The van der Waals surface area contributed by atoms with Crippen LogP contribution in [0.5, 0.6) is 0 Å². The number of carbonyl (C=O) groups excluding carboxylic acids is 1. The standard InChI is InChI=1S/C20H30FNO2S/c1-2-3-13-25-14-12-22-18(9-11-20(22)24)8-10-19(23)15-16-4-6-17(21)7-5-16/h4-7,18-19,23H,2-3,8-15H2,1H3/t18-,19+/m0/s1. The van der Waals surface area contributed by atoms with Gasteiger partial charge in [0.05, 0.1) is 6.10 Å². The lowest BCUT2D eigenvalue weighted by Gasteiger charge is -2.25. The zero-order valence-electron chi connectivity index (χ0n) is 15.1. The fourth-order valence-corrected chi connectivity index (χ4v) is 4.31. The maximum absolute atomic E-state index is 12.9. The minimum Gasteiger partial charge on any atom is -0.393 e. The van der Waals surface area contributed by atoms with Crippen LogP contribution < -0.4 is 0 Å². The van der Waals surface area contributed by atoms with E-state index in [1.807, 2.05) is 16.7 Å². The molecule has 0 aliphatic carbocycles. The van der Waals surface area contributed by atoms with Gasteiger partial charge in [-0.3, -0.25) is 4.79 Å². The van der Waals surface area contributed by atoms with E-state index in [-0.39, 0.29) is 17.8 Å². The summed E-state index contributed by atoms with van der Waals surface area (Å²) in [5, 5.41) is 10.3. The quantitative estimate of drug-likeness (QED) is 0.600. The average Bonchev–Trinajstić information content (AvgIpc) is 2.95. The first-order chi connectivity index (χ1) is 12.1. The summed E-state index contributed by atoms with van der Waals surface area (Å²) in [5.41, 5.74) is 0.945. The molecule has 1 saturated heterocycles. The Morgan fingerprint density at radius 3 is 2.80 bits per heavy atom. The first-order valence-electron chi connectivity index (χ1n) is 9.40. The molecule has 1 aliphatic rings. The number of likely N-dealkylation sites (tertiary alicyclic amines) is 1. The summed E-state index contributed by atoms with van der Waals surface area (Å²) in [7, 11) is 0. The molecule has 0 saturated carbocycles. The highest BCUT2D eigenvalue weighted by Gasteiger charge is 2.30. The molecule has 1 fully saturated rings. The predicted molar refractivity (Wildman–Crippen MR) is 102 cm³/mol. The molecule has 1 aliphatic heterocycles. The monoisotopic (exact) mass is 367 g/mol. The van der Waals surface area contributed by atoms with Gasteiger partial charge in [0.1, 0.15) is 5.82 Å². The fourth-order valence-electron chi connectivity index (χ4n) is 3.29. The molecule has 0 unspecified atom stereocenters. The highest BCUT2D eigenvalue weighted by atomic mass is 32.2. The highest BCUT2D eigenvalue weighted by molar-refractivity contribution is 7.99. The number of hydrogen-bond donors (Lipinski definition) is 1. The molecule has 140 valence electrons. The average molecular weight is 368 g/mol. The van der Waals surface area contributed by atoms with Crippen LogP contribution in [0.25, 0.3) is 0 Å². The van der Waals surface area contributed by atoms with E-state index < -0.39 is 6.10 Å². The third kappa shape index (κ3) is 6.98. The number of aliphatic hydroxyl groups excluding tert-OH is 1. The molecule has 0 radical (unpaired) electrons. The predicted octanol–water partition coefficient (Wildman–Crippen LogP) is 4.03. The maximum atomic E-state index is 12.9. The second kappa shape index (κ2) is 10.8. The summed E-state index contributed by atoms with van der Waals surface area (Å²) in [6, 6.07) is 6.56. The highest BCUT2D eigenvalue weighted by Crippen LogP contribution is 2.24. The summed E-state index contributed by atoms with van der Waals surface area (Å²) < 4.78 is 12.9. The number of thioether (sulfide) groups is 1. The zero-order valence-corrected chi connectivity index (χ0v) is 15.9. The van der Waals surface area contributed by atoms with Gasteiger partial charge in [-0.2, -0.15) is 11.8 Å². The van der Waals surface area contributed by atoms with Gasteiger partial charge >= 0.3 is 0 Å².